The van der Waals surface area contributed by atoms with Crippen LogP contribution in [-0.4, -0.2) is 96.0 Å². The molecule has 0 saturated carbocycles. The standard InChI is InChI=1S/C14H26N4O/c19-9-2-12-10-17-7-5-15-3-1-4-16-6-8-18(11-12)14(17)13(15)16/h12-14,19H,1-11H2. The monoisotopic (exact) mass is 266 g/mol. The van der Waals surface area contributed by atoms with Gasteiger partial charge in [-0.05, 0) is 18.8 Å². The highest BCUT2D eigenvalue weighted by Crippen LogP contribution is 2.34. The van der Waals surface area contributed by atoms with Gasteiger partial charge in [0, 0.05) is 59.0 Å². The molecule has 5 heteroatoms. The van der Waals surface area contributed by atoms with Gasteiger partial charge in [-0.1, -0.05) is 0 Å². The van der Waals surface area contributed by atoms with Gasteiger partial charge in [-0.3, -0.25) is 19.6 Å². The summed E-state index contributed by atoms with van der Waals surface area (Å²) in [5, 5.41) is 9.22. The van der Waals surface area contributed by atoms with E-state index in [0.29, 0.717) is 24.9 Å². The molecule has 0 aromatic carbocycles. The van der Waals surface area contributed by atoms with E-state index in [0.717, 1.165) is 6.42 Å². The summed E-state index contributed by atoms with van der Waals surface area (Å²) in [6.45, 7) is 10.2. The van der Waals surface area contributed by atoms with Gasteiger partial charge in [0.15, 0.2) is 0 Å². The van der Waals surface area contributed by atoms with Gasteiger partial charge in [0.25, 0.3) is 0 Å². The Hall–Kier alpha value is -0.200. The molecule has 0 spiro atoms. The zero-order valence-corrected chi connectivity index (χ0v) is 11.7. The molecule has 0 bridgehead atoms. The highest BCUT2D eigenvalue weighted by atomic mass is 16.3. The molecule has 19 heavy (non-hydrogen) atoms. The van der Waals surface area contributed by atoms with Crippen LogP contribution in [0.15, 0.2) is 0 Å². The van der Waals surface area contributed by atoms with E-state index >= 15 is 0 Å². The van der Waals surface area contributed by atoms with Crippen LogP contribution in [0.4, 0.5) is 0 Å². The van der Waals surface area contributed by atoms with Gasteiger partial charge < -0.3 is 5.11 Å². The Labute approximate surface area is 115 Å². The lowest BCUT2D eigenvalue weighted by molar-refractivity contribution is -0.190. The molecule has 108 valence electrons. The fourth-order valence-electron chi connectivity index (χ4n) is 4.71. The van der Waals surface area contributed by atoms with Crippen LogP contribution in [0.3, 0.4) is 0 Å². The summed E-state index contributed by atoms with van der Waals surface area (Å²) < 4.78 is 0. The lowest BCUT2D eigenvalue weighted by Gasteiger charge is -2.62. The van der Waals surface area contributed by atoms with Crippen LogP contribution in [0, 0.1) is 5.92 Å². The average Bonchev–Trinajstić information content (AvgIpc) is 2.45. The van der Waals surface area contributed by atoms with Crippen molar-refractivity contribution in [3.8, 4) is 0 Å². The average molecular weight is 266 g/mol. The first-order chi connectivity index (χ1) is 9.36. The van der Waals surface area contributed by atoms with E-state index in [1.165, 1.54) is 58.8 Å². The van der Waals surface area contributed by atoms with Crippen molar-refractivity contribution >= 4 is 0 Å². The van der Waals surface area contributed by atoms with Crippen LogP contribution in [0.2, 0.25) is 0 Å². The predicted octanol–water partition coefficient (Wildman–Crippen LogP) is -0.710. The fraction of sp³-hybridized carbons (Fsp3) is 1.00. The van der Waals surface area contributed by atoms with E-state index in [1.807, 2.05) is 0 Å². The molecule has 4 heterocycles. The van der Waals surface area contributed by atoms with Gasteiger partial charge in [-0.15, -0.1) is 0 Å². The molecule has 0 aromatic rings. The molecule has 0 atom stereocenters. The molecular weight excluding hydrogens is 240 g/mol. The Balaban J connectivity index is 1.57. The third-order valence-corrected chi connectivity index (χ3v) is 5.53. The van der Waals surface area contributed by atoms with Crippen molar-refractivity contribution in [3.63, 3.8) is 0 Å². The smallest absolute Gasteiger partial charge is 0.0922 e. The van der Waals surface area contributed by atoms with Crippen molar-refractivity contribution in [2.24, 2.45) is 5.92 Å². The SMILES string of the molecule is OCCC1CN2CCN3CCCN4CCN(C1)C2C34. The van der Waals surface area contributed by atoms with Crippen LogP contribution in [-0.2, 0) is 0 Å². The van der Waals surface area contributed by atoms with Crippen LogP contribution in [0.5, 0.6) is 0 Å². The maximum atomic E-state index is 9.22. The summed E-state index contributed by atoms with van der Waals surface area (Å²) in [7, 11) is 0. The Morgan fingerprint density at radius 1 is 0.737 bits per heavy atom. The highest BCUT2D eigenvalue weighted by molar-refractivity contribution is 5.00. The third-order valence-electron chi connectivity index (χ3n) is 5.53. The Bertz CT molecular complexity index is 313. The number of aliphatic hydroxyl groups excluding tert-OH is 1. The summed E-state index contributed by atoms with van der Waals surface area (Å²) in [6.07, 6.45) is 3.58. The van der Waals surface area contributed by atoms with Gasteiger partial charge in [0.1, 0.15) is 0 Å². The van der Waals surface area contributed by atoms with Gasteiger partial charge in [-0.2, -0.15) is 0 Å². The van der Waals surface area contributed by atoms with Crippen LogP contribution in [0.1, 0.15) is 12.8 Å². The molecule has 4 fully saturated rings. The summed E-state index contributed by atoms with van der Waals surface area (Å²) in [5.41, 5.74) is 0. The van der Waals surface area contributed by atoms with Crippen molar-refractivity contribution < 1.29 is 5.11 Å². The lowest BCUT2D eigenvalue weighted by atomic mass is 9.94. The van der Waals surface area contributed by atoms with Crippen LogP contribution in [0.25, 0.3) is 0 Å². The molecule has 0 amide bonds. The van der Waals surface area contributed by atoms with E-state index in [4.69, 9.17) is 0 Å². The first kappa shape index (κ1) is 12.5. The van der Waals surface area contributed by atoms with Crippen molar-refractivity contribution in [1.82, 2.24) is 19.6 Å². The van der Waals surface area contributed by atoms with Gasteiger partial charge in [0.2, 0.25) is 0 Å². The first-order valence-corrected chi connectivity index (χ1v) is 7.94. The normalized spacial score (nSPS) is 41.2. The fourth-order valence-corrected chi connectivity index (χ4v) is 4.71. The van der Waals surface area contributed by atoms with Crippen molar-refractivity contribution in [2.75, 3.05) is 59.0 Å². The van der Waals surface area contributed by atoms with Gasteiger partial charge in [-0.25, -0.2) is 0 Å². The van der Waals surface area contributed by atoms with Crippen molar-refractivity contribution in [2.45, 2.75) is 25.2 Å². The molecule has 0 aliphatic carbocycles. The minimum absolute atomic E-state index is 0.346. The molecule has 1 N–H and O–H groups in total. The van der Waals surface area contributed by atoms with Crippen molar-refractivity contribution in [3.05, 3.63) is 0 Å². The highest BCUT2D eigenvalue weighted by Gasteiger charge is 2.49. The lowest BCUT2D eigenvalue weighted by Crippen LogP contribution is -2.78. The minimum atomic E-state index is 0.346. The summed E-state index contributed by atoms with van der Waals surface area (Å²) in [6, 6.07) is 0. The Morgan fingerprint density at radius 3 is 1.84 bits per heavy atom. The van der Waals surface area contributed by atoms with E-state index in [9.17, 15) is 5.11 Å². The van der Waals surface area contributed by atoms with Crippen LogP contribution < -0.4 is 0 Å². The molecule has 0 radical (unpaired) electrons. The second-order valence-electron chi connectivity index (χ2n) is 6.62. The molecule has 0 unspecified atom stereocenters. The summed E-state index contributed by atoms with van der Waals surface area (Å²) in [4.78, 5) is 10.8. The maximum absolute atomic E-state index is 9.22. The van der Waals surface area contributed by atoms with Gasteiger partial charge in [0.05, 0.1) is 12.3 Å². The molecule has 4 rings (SSSR count). The predicted molar refractivity (Wildman–Crippen MR) is 73.7 cm³/mol. The number of nitrogens with zero attached hydrogens (tertiary/aromatic N) is 4. The second kappa shape index (κ2) is 4.97. The topological polar surface area (TPSA) is 33.2 Å². The quantitative estimate of drug-likeness (QED) is 0.714. The van der Waals surface area contributed by atoms with Crippen LogP contribution >= 0.6 is 0 Å². The molecule has 4 aliphatic rings. The molecule has 0 aromatic heterocycles. The minimum Gasteiger partial charge on any atom is -0.396 e. The first-order valence-electron chi connectivity index (χ1n) is 7.94. The van der Waals surface area contributed by atoms with E-state index in [2.05, 4.69) is 19.6 Å². The molecule has 4 aliphatic heterocycles. The summed E-state index contributed by atoms with van der Waals surface area (Å²) >= 11 is 0. The Kier molecular flexibility index (Phi) is 3.28. The molecular formula is C14H26N4O. The Morgan fingerprint density at radius 2 is 1.26 bits per heavy atom. The molecule has 4 saturated heterocycles. The third kappa shape index (κ3) is 2.03. The van der Waals surface area contributed by atoms with Gasteiger partial charge >= 0.3 is 0 Å². The van der Waals surface area contributed by atoms with E-state index in [1.54, 1.807) is 0 Å². The van der Waals surface area contributed by atoms with E-state index in [-0.39, 0.29) is 0 Å². The number of piperazine rings is 2. The zero-order valence-electron chi connectivity index (χ0n) is 11.7. The number of hydrogen-bond donors (Lipinski definition) is 1. The van der Waals surface area contributed by atoms with E-state index < -0.39 is 0 Å². The zero-order chi connectivity index (χ0) is 12.8. The largest absolute Gasteiger partial charge is 0.396 e. The summed E-state index contributed by atoms with van der Waals surface area (Å²) in [5.74, 6) is 0.669. The number of rotatable bonds is 2. The maximum Gasteiger partial charge on any atom is 0.0922 e. The van der Waals surface area contributed by atoms with Crippen molar-refractivity contribution in [1.29, 1.82) is 0 Å². The number of hydrogen-bond acceptors (Lipinski definition) is 5. The number of aliphatic hydroxyl groups is 1. The molecule has 5 nitrogen and oxygen atoms in total. The second-order valence-corrected chi connectivity index (χ2v) is 6.62.